The third kappa shape index (κ3) is 6.55. The molecule has 0 aliphatic carbocycles. The van der Waals surface area contributed by atoms with Crippen LogP contribution in [-0.4, -0.2) is 18.4 Å². The minimum atomic E-state index is -1.53. The maximum Gasteiger partial charge on any atom is 0.304 e. The second-order valence-electron chi connectivity index (χ2n) is 0.537. The molecule has 7 heavy (non-hydrogen) atoms. The molecular formula is C2H7BrO3S. The lowest BCUT2D eigenvalue weighted by Crippen LogP contribution is -1.91. The topological polar surface area (TPSA) is 35.5 Å². The van der Waals surface area contributed by atoms with E-state index in [1.165, 1.54) is 14.2 Å². The second kappa shape index (κ2) is 6.55. The van der Waals surface area contributed by atoms with Crippen LogP contribution in [0.3, 0.4) is 0 Å². The Balaban J connectivity index is 0. The van der Waals surface area contributed by atoms with Crippen LogP contribution in [0, 0.1) is 0 Å². The van der Waals surface area contributed by atoms with E-state index in [9.17, 15) is 4.21 Å². The molecule has 0 saturated carbocycles. The van der Waals surface area contributed by atoms with Crippen molar-refractivity contribution in [3.05, 3.63) is 0 Å². The number of rotatable bonds is 2. The molecule has 46 valence electrons. The summed E-state index contributed by atoms with van der Waals surface area (Å²) in [6, 6.07) is 0. The van der Waals surface area contributed by atoms with Crippen molar-refractivity contribution in [3.8, 4) is 0 Å². The third-order valence-corrected chi connectivity index (χ3v) is 0.816. The quantitative estimate of drug-likeness (QED) is 0.635. The number of hydrogen-bond acceptors (Lipinski definition) is 3. The Labute approximate surface area is 55.6 Å². The molecule has 0 unspecified atom stereocenters. The molecule has 0 aliphatic rings. The summed E-state index contributed by atoms with van der Waals surface area (Å²) in [5, 5.41) is 0. The van der Waals surface area contributed by atoms with E-state index in [0.29, 0.717) is 0 Å². The fourth-order valence-electron chi connectivity index (χ4n) is 0.0680. The zero-order chi connectivity index (χ0) is 4.99. The van der Waals surface area contributed by atoms with Crippen molar-refractivity contribution >= 4 is 28.3 Å². The van der Waals surface area contributed by atoms with Gasteiger partial charge in [0.2, 0.25) is 0 Å². The van der Waals surface area contributed by atoms with Crippen LogP contribution in [0.25, 0.3) is 0 Å². The Kier molecular flexibility index (Phi) is 9.84. The van der Waals surface area contributed by atoms with Gasteiger partial charge >= 0.3 is 11.4 Å². The Morgan fingerprint density at radius 3 is 1.57 bits per heavy atom. The van der Waals surface area contributed by atoms with Gasteiger partial charge in [0.1, 0.15) is 0 Å². The van der Waals surface area contributed by atoms with Gasteiger partial charge in [-0.05, 0) is 0 Å². The molecule has 0 aromatic heterocycles. The van der Waals surface area contributed by atoms with Crippen LogP contribution < -0.4 is 0 Å². The van der Waals surface area contributed by atoms with Gasteiger partial charge in [-0.1, -0.05) is 0 Å². The van der Waals surface area contributed by atoms with Crippen molar-refractivity contribution in [1.29, 1.82) is 0 Å². The van der Waals surface area contributed by atoms with E-state index in [1.807, 2.05) is 0 Å². The molecule has 0 fully saturated rings. The minimum absolute atomic E-state index is 0. The summed E-state index contributed by atoms with van der Waals surface area (Å²) in [6.45, 7) is 0. The lowest BCUT2D eigenvalue weighted by Gasteiger charge is -1.86. The highest BCUT2D eigenvalue weighted by molar-refractivity contribution is 8.93. The summed E-state index contributed by atoms with van der Waals surface area (Å²) < 4.78 is 18.1. The van der Waals surface area contributed by atoms with Crippen LogP contribution in [0.4, 0.5) is 0 Å². The summed E-state index contributed by atoms with van der Waals surface area (Å²) in [4.78, 5) is 0. The van der Waals surface area contributed by atoms with Gasteiger partial charge in [-0.15, -0.1) is 17.0 Å². The van der Waals surface area contributed by atoms with E-state index in [-0.39, 0.29) is 17.0 Å². The molecular weight excluding hydrogens is 184 g/mol. The number of hydrogen-bond donors (Lipinski definition) is 0. The van der Waals surface area contributed by atoms with Crippen molar-refractivity contribution in [2.75, 3.05) is 14.2 Å². The summed E-state index contributed by atoms with van der Waals surface area (Å²) in [5.41, 5.74) is 0. The van der Waals surface area contributed by atoms with Crippen molar-refractivity contribution in [2.45, 2.75) is 0 Å². The molecule has 0 N–H and O–H groups in total. The predicted octanol–water partition coefficient (Wildman–Crippen LogP) is 0.436. The minimum Gasteiger partial charge on any atom is -0.272 e. The van der Waals surface area contributed by atoms with Crippen LogP contribution in [0.2, 0.25) is 0 Å². The molecule has 0 aliphatic heterocycles. The van der Waals surface area contributed by atoms with Gasteiger partial charge in [0.05, 0.1) is 14.2 Å². The number of halogens is 1. The van der Waals surface area contributed by atoms with Crippen molar-refractivity contribution < 1.29 is 12.6 Å². The van der Waals surface area contributed by atoms with Crippen LogP contribution in [0.5, 0.6) is 0 Å². The highest BCUT2D eigenvalue weighted by atomic mass is 79.9. The largest absolute Gasteiger partial charge is 0.304 e. The third-order valence-electron chi connectivity index (χ3n) is 0.272. The van der Waals surface area contributed by atoms with Crippen LogP contribution in [0.15, 0.2) is 0 Å². The fourth-order valence-corrected chi connectivity index (χ4v) is 0.204. The molecule has 0 amide bonds. The van der Waals surface area contributed by atoms with Crippen molar-refractivity contribution in [2.24, 2.45) is 0 Å². The molecule has 0 saturated heterocycles. The van der Waals surface area contributed by atoms with E-state index < -0.39 is 11.4 Å². The Morgan fingerprint density at radius 2 is 1.57 bits per heavy atom. The van der Waals surface area contributed by atoms with Crippen molar-refractivity contribution in [3.63, 3.8) is 0 Å². The summed E-state index contributed by atoms with van der Waals surface area (Å²) in [5.74, 6) is 0. The first-order valence-corrected chi connectivity index (χ1v) is 2.32. The van der Waals surface area contributed by atoms with E-state index in [2.05, 4.69) is 8.37 Å². The highest BCUT2D eigenvalue weighted by Gasteiger charge is 1.84. The normalized spacial score (nSPS) is 8.43. The Bertz CT molecular complexity index is 50.9. The second-order valence-corrected chi connectivity index (χ2v) is 1.61. The predicted molar refractivity (Wildman–Crippen MR) is 32.5 cm³/mol. The fraction of sp³-hybridized carbons (Fsp3) is 1.00. The average molecular weight is 191 g/mol. The molecule has 0 aromatic carbocycles. The van der Waals surface area contributed by atoms with E-state index in [1.54, 1.807) is 0 Å². The Morgan fingerprint density at radius 1 is 1.29 bits per heavy atom. The maximum absolute atomic E-state index is 9.85. The summed E-state index contributed by atoms with van der Waals surface area (Å²) in [6.07, 6.45) is 0. The Hall–Kier alpha value is 0.550. The van der Waals surface area contributed by atoms with Gasteiger partial charge in [0.15, 0.2) is 0 Å². The average Bonchev–Trinajstić information content (AvgIpc) is 1.65. The molecule has 5 heteroatoms. The smallest absolute Gasteiger partial charge is 0.272 e. The van der Waals surface area contributed by atoms with Crippen LogP contribution in [-0.2, 0) is 19.7 Å². The molecule has 0 atom stereocenters. The van der Waals surface area contributed by atoms with Crippen LogP contribution in [0.1, 0.15) is 0 Å². The first-order valence-electron chi connectivity index (χ1n) is 1.32. The highest BCUT2D eigenvalue weighted by Crippen LogP contribution is 1.76. The van der Waals surface area contributed by atoms with Crippen molar-refractivity contribution in [1.82, 2.24) is 0 Å². The standard InChI is InChI=1S/C2H6O3S.BrH/c1-4-6(3)5-2;/h1-2H3;1H. The summed E-state index contributed by atoms with van der Waals surface area (Å²) >= 11 is -1.53. The summed E-state index contributed by atoms with van der Waals surface area (Å²) in [7, 11) is 2.61. The van der Waals surface area contributed by atoms with Gasteiger partial charge in [0, 0.05) is 0 Å². The maximum atomic E-state index is 9.85. The SMILES string of the molecule is Br.COS(=O)OC. The first-order chi connectivity index (χ1) is 2.81. The molecule has 0 bridgehead atoms. The molecule has 3 nitrogen and oxygen atoms in total. The molecule has 0 spiro atoms. The van der Waals surface area contributed by atoms with E-state index in [4.69, 9.17) is 0 Å². The van der Waals surface area contributed by atoms with E-state index >= 15 is 0 Å². The van der Waals surface area contributed by atoms with Gasteiger partial charge in [-0.3, -0.25) is 8.37 Å². The lowest BCUT2D eigenvalue weighted by molar-refractivity contribution is 0.334. The van der Waals surface area contributed by atoms with Gasteiger partial charge < -0.3 is 0 Å². The zero-order valence-electron chi connectivity index (χ0n) is 4.04. The van der Waals surface area contributed by atoms with Gasteiger partial charge in [-0.25, -0.2) is 0 Å². The van der Waals surface area contributed by atoms with Crippen LogP contribution >= 0.6 is 17.0 Å². The van der Waals surface area contributed by atoms with Gasteiger partial charge in [-0.2, -0.15) is 4.21 Å². The van der Waals surface area contributed by atoms with Gasteiger partial charge in [0.25, 0.3) is 0 Å². The zero-order valence-corrected chi connectivity index (χ0v) is 6.57. The monoisotopic (exact) mass is 190 g/mol. The first kappa shape index (κ1) is 10.5. The van der Waals surface area contributed by atoms with E-state index in [0.717, 1.165) is 0 Å². The molecule has 0 aromatic rings. The molecule has 0 rings (SSSR count). The lowest BCUT2D eigenvalue weighted by atomic mass is 11.8. The molecule has 0 radical (unpaired) electrons. The molecule has 0 heterocycles.